The summed E-state index contributed by atoms with van der Waals surface area (Å²) < 4.78 is 9.58. The molecule has 0 spiro atoms. The highest BCUT2D eigenvalue weighted by Crippen LogP contribution is 2.38. The summed E-state index contributed by atoms with van der Waals surface area (Å²) in [4.78, 5) is 0. The van der Waals surface area contributed by atoms with Crippen molar-refractivity contribution in [2.24, 2.45) is 0 Å². The summed E-state index contributed by atoms with van der Waals surface area (Å²) in [5, 5.41) is 7.67. The Hall–Kier alpha value is -7.56. The molecule has 0 aliphatic rings. The van der Waals surface area contributed by atoms with Gasteiger partial charge < -0.3 is 18.3 Å². The standard InChI is InChI=1S/C56H42N4/c1-35-37(3)57(41-23-27-43(28-24-41)59-51-17-9-5-13-45(51)46-14-6-10-18-52(46)59)55-31-21-39(33-49(35)55)40-22-32-56-50(34-40)36(2)38(4)58(56)42-25-29-44(30-26-42)60-53-19-11-7-15-47(53)48-16-8-12-20-54(48)60/h5-34H,1-4H3. The van der Waals surface area contributed by atoms with E-state index in [1.807, 2.05) is 0 Å². The van der Waals surface area contributed by atoms with Gasteiger partial charge in [-0.15, -0.1) is 0 Å². The molecular weight excluding hydrogens is 729 g/mol. The third kappa shape index (κ3) is 4.91. The summed E-state index contributed by atoms with van der Waals surface area (Å²) in [6, 6.07) is 66.8. The van der Waals surface area contributed by atoms with Crippen molar-refractivity contribution in [1.82, 2.24) is 18.3 Å². The van der Waals surface area contributed by atoms with Crippen LogP contribution in [0.15, 0.2) is 182 Å². The number of nitrogens with zero attached hydrogens (tertiary/aromatic N) is 4. The van der Waals surface area contributed by atoms with E-state index in [0.29, 0.717) is 0 Å². The van der Waals surface area contributed by atoms with Gasteiger partial charge in [0, 0.05) is 66.5 Å². The maximum Gasteiger partial charge on any atom is 0.0541 e. The van der Waals surface area contributed by atoms with Crippen LogP contribution in [0, 0.1) is 27.7 Å². The lowest BCUT2D eigenvalue weighted by molar-refractivity contribution is 1.04. The first-order chi connectivity index (χ1) is 29.4. The van der Waals surface area contributed by atoms with Crippen LogP contribution < -0.4 is 0 Å². The van der Waals surface area contributed by atoms with Gasteiger partial charge in [-0.05, 0) is 147 Å². The van der Waals surface area contributed by atoms with Crippen molar-refractivity contribution in [3.8, 4) is 33.9 Å². The molecule has 8 aromatic carbocycles. The van der Waals surface area contributed by atoms with Crippen LogP contribution in [-0.4, -0.2) is 18.3 Å². The molecule has 0 bridgehead atoms. The van der Waals surface area contributed by atoms with E-state index in [4.69, 9.17) is 0 Å². The molecule has 12 rings (SSSR count). The van der Waals surface area contributed by atoms with Crippen LogP contribution in [0.5, 0.6) is 0 Å². The summed E-state index contributed by atoms with van der Waals surface area (Å²) in [7, 11) is 0. The Morgan fingerprint density at radius 2 is 0.517 bits per heavy atom. The van der Waals surface area contributed by atoms with E-state index in [9.17, 15) is 0 Å². The second-order valence-corrected chi connectivity index (χ2v) is 16.3. The largest absolute Gasteiger partial charge is 0.314 e. The number of aryl methyl sites for hydroxylation is 2. The summed E-state index contributed by atoms with van der Waals surface area (Å²) >= 11 is 0. The number of hydrogen-bond acceptors (Lipinski definition) is 0. The summed E-state index contributed by atoms with van der Waals surface area (Å²) in [5.74, 6) is 0. The Morgan fingerprint density at radius 1 is 0.250 bits per heavy atom. The topological polar surface area (TPSA) is 19.7 Å². The van der Waals surface area contributed by atoms with Crippen LogP contribution in [0.1, 0.15) is 22.5 Å². The average Bonchev–Trinajstić information content (AvgIpc) is 3.98. The van der Waals surface area contributed by atoms with Crippen LogP contribution in [0.25, 0.3) is 99.3 Å². The first-order valence-electron chi connectivity index (χ1n) is 20.9. The highest BCUT2D eigenvalue weighted by atomic mass is 15.0. The molecule has 0 aliphatic carbocycles. The number of fused-ring (bicyclic) bond motifs is 8. The van der Waals surface area contributed by atoms with Gasteiger partial charge >= 0.3 is 0 Å². The second-order valence-electron chi connectivity index (χ2n) is 16.3. The molecule has 12 aromatic rings. The van der Waals surface area contributed by atoms with Crippen molar-refractivity contribution in [3.05, 3.63) is 205 Å². The molecule has 0 N–H and O–H groups in total. The lowest BCUT2D eigenvalue weighted by Gasteiger charge is -2.13. The van der Waals surface area contributed by atoms with E-state index in [1.165, 1.54) is 110 Å². The highest BCUT2D eigenvalue weighted by molar-refractivity contribution is 6.10. The SMILES string of the molecule is Cc1c(C)n(-c2ccc(-n3c4ccccc4c4ccccc43)cc2)c2ccc(-c3ccc4c(c3)c(C)c(C)n4-c3ccc(-n4c5ccccc5c5ccccc54)cc3)cc12. The molecule has 0 saturated carbocycles. The van der Waals surface area contributed by atoms with Gasteiger partial charge in [0.2, 0.25) is 0 Å². The Bertz CT molecular complexity index is 3330. The fourth-order valence-corrected chi connectivity index (χ4v) is 10.1. The molecule has 0 atom stereocenters. The van der Waals surface area contributed by atoms with Gasteiger partial charge in [0.1, 0.15) is 0 Å². The van der Waals surface area contributed by atoms with Crippen LogP contribution in [0.4, 0.5) is 0 Å². The number of para-hydroxylation sites is 4. The molecule has 4 heterocycles. The zero-order valence-electron chi connectivity index (χ0n) is 34.1. The van der Waals surface area contributed by atoms with E-state index in [0.717, 1.165) is 11.4 Å². The van der Waals surface area contributed by atoms with E-state index in [1.54, 1.807) is 0 Å². The molecule has 0 aliphatic heterocycles. The predicted molar refractivity (Wildman–Crippen MR) is 253 cm³/mol. The monoisotopic (exact) mass is 770 g/mol. The number of hydrogen-bond donors (Lipinski definition) is 0. The highest BCUT2D eigenvalue weighted by Gasteiger charge is 2.18. The minimum Gasteiger partial charge on any atom is -0.314 e. The van der Waals surface area contributed by atoms with Gasteiger partial charge in [-0.1, -0.05) is 84.9 Å². The third-order valence-electron chi connectivity index (χ3n) is 13.3. The maximum absolute atomic E-state index is 2.41. The molecule has 0 unspecified atom stereocenters. The maximum atomic E-state index is 2.41. The van der Waals surface area contributed by atoms with E-state index >= 15 is 0 Å². The van der Waals surface area contributed by atoms with Crippen molar-refractivity contribution in [1.29, 1.82) is 0 Å². The van der Waals surface area contributed by atoms with E-state index < -0.39 is 0 Å². The summed E-state index contributed by atoms with van der Waals surface area (Å²) in [5.41, 5.74) is 19.6. The normalized spacial score (nSPS) is 12.0. The molecule has 4 heteroatoms. The van der Waals surface area contributed by atoms with Crippen molar-refractivity contribution in [3.63, 3.8) is 0 Å². The minimum absolute atomic E-state index is 1.16. The molecule has 0 fully saturated rings. The Balaban J connectivity index is 0.891. The second kappa shape index (κ2) is 13.0. The van der Waals surface area contributed by atoms with Crippen molar-refractivity contribution in [2.45, 2.75) is 27.7 Å². The molecule has 0 saturated heterocycles. The summed E-state index contributed by atoms with van der Waals surface area (Å²) in [6.45, 7) is 9.00. The van der Waals surface area contributed by atoms with Crippen LogP contribution >= 0.6 is 0 Å². The van der Waals surface area contributed by atoms with Crippen LogP contribution in [0.2, 0.25) is 0 Å². The molecule has 0 radical (unpaired) electrons. The zero-order chi connectivity index (χ0) is 40.2. The Labute approximate surface area is 348 Å². The average molecular weight is 771 g/mol. The van der Waals surface area contributed by atoms with Gasteiger partial charge in [-0.25, -0.2) is 0 Å². The van der Waals surface area contributed by atoms with E-state index in [2.05, 4.69) is 228 Å². The molecule has 60 heavy (non-hydrogen) atoms. The Morgan fingerprint density at radius 3 is 0.833 bits per heavy atom. The first kappa shape index (κ1) is 34.5. The predicted octanol–water partition coefficient (Wildman–Crippen LogP) is 14.7. The van der Waals surface area contributed by atoms with Crippen molar-refractivity contribution >= 4 is 65.4 Å². The molecule has 4 aromatic heterocycles. The fourth-order valence-electron chi connectivity index (χ4n) is 10.1. The number of benzene rings is 8. The van der Waals surface area contributed by atoms with Gasteiger partial charge in [0.05, 0.1) is 33.1 Å². The van der Waals surface area contributed by atoms with Crippen LogP contribution in [0.3, 0.4) is 0 Å². The fraction of sp³-hybridized carbons (Fsp3) is 0.0714. The molecule has 286 valence electrons. The van der Waals surface area contributed by atoms with Crippen molar-refractivity contribution in [2.75, 3.05) is 0 Å². The third-order valence-corrected chi connectivity index (χ3v) is 13.3. The minimum atomic E-state index is 1.16. The molecule has 0 amide bonds. The molecular formula is C56H42N4. The zero-order valence-corrected chi connectivity index (χ0v) is 34.1. The lowest BCUT2D eigenvalue weighted by atomic mass is 10.00. The number of aromatic nitrogens is 4. The smallest absolute Gasteiger partial charge is 0.0541 e. The van der Waals surface area contributed by atoms with Gasteiger partial charge in [0.15, 0.2) is 0 Å². The first-order valence-corrected chi connectivity index (χ1v) is 20.9. The lowest BCUT2D eigenvalue weighted by Crippen LogP contribution is -1.99. The van der Waals surface area contributed by atoms with Crippen LogP contribution in [-0.2, 0) is 0 Å². The van der Waals surface area contributed by atoms with Gasteiger partial charge in [-0.2, -0.15) is 0 Å². The van der Waals surface area contributed by atoms with Gasteiger partial charge in [-0.3, -0.25) is 0 Å². The van der Waals surface area contributed by atoms with E-state index in [-0.39, 0.29) is 0 Å². The molecule has 4 nitrogen and oxygen atoms in total. The Kier molecular flexibility index (Phi) is 7.45. The summed E-state index contributed by atoms with van der Waals surface area (Å²) in [6.07, 6.45) is 0. The number of rotatable bonds is 5. The quantitative estimate of drug-likeness (QED) is 0.166. The van der Waals surface area contributed by atoms with Gasteiger partial charge in [0.25, 0.3) is 0 Å². The van der Waals surface area contributed by atoms with Crippen molar-refractivity contribution < 1.29 is 0 Å².